The predicted octanol–water partition coefficient (Wildman–Crippen LogP) is 3.42. The van der Waals surface area contributed by atoms with Crippen molar-refractivity contribution in [2.24, 2.45) is 5.92 Å². The Morgan fingerprint density at radius 1 is 1.26 bits per heavy atom. The Hall–Kier alpha value is -1.89. The Morgan fingerprint density at radius 2 is 2.00 bits per heavy atom. The first-order valence-electron chi connectivity index (χ1n) is 9.46. The van der Waals surface area contributed by atoms with Crippen molar-refractivity contribution in [1.29, 1.82) is 0 Å². The van der Waals surface area contributed by atoms with Gasteiger partial charge in [-0.25, -0.2) is 0 Å². The van der Waals surface area contributed by atoms with E-state index in [1.54, 1.807) is 6.07 Å². The zero-order valence-corrected chi connectivity index (χ0v) is 17.1. The standard InChI is InChI=1S/C20H25BrN2O4/c1-13-9-15(21)7-8-17(13)22-18(24)12-27-20(26)14-10-19(25)23(11-14)16-5-3-2-4-6-16/h7-9,14,16H,2-6,10-12H2,1H3,(H,22,24)/t14-/m1/s1. The smallest absolute Gasteiger partial charge is 0.311 e. The first-order chi connectivity index (χ1) is 12.9. The number of hydrogen-bond donors (Lipinski definition) is 1. The normalized spacial score (nSPS) is 20.6. The van der Waals surface area contributed by atoms with Crippen molar-refractivity contribution in [1.82, 2.24) is 4.90 Å². The fourth-order valence-corrected chi connectivity index (χ4v) is 4.32. The van der Waals surface area contributed by atoms with E-state index >= 15 is 0 Å². The molecule has 1 heterocycles. The number of rotatable bonds is 5. The van der Waals surface area contributed by atoms with Gasteiger partial charge in [0.05, 0.1) is 5.92 Å². The highest BCUT2D eigenvalue weighted by atomic mass is 79.9. The van der Waals surface area contributed by atoms with Crippen LogP contribution in [0.4, 0.5) is 5.69 Å². The summed E-state index contributed by atoms with van der Waals surface area (Å²) < 4.78 is 6.10. The van der Waals surface area contributed by atoms with Crippen LogP contribution in [0.5, 0.6) is 0 Å². The monoisotopic (exact) mass is 436 g/mol. The summed E-state index contributed by atoms with van der Waals surface area (Å²) in [6.07, 6.45) is 5.71. The molecule has 1 saturated carbocycles. The summed E-state index contributed by atoms with van der Waals surface area (Å²) in [4.78, 5) is 38.5. The fraction of sp³-hybridized carbons (Fsp3) is 0.550. The molecule has 3 rings (SSSR count). The lowest BCUT2D eigenvalue weighted by molar-refractivity contribution is -0.151. The van der Waals surface area contributed by atoms with Crippen LogP contribution < -0.4 is 5.32 Å². The number of amides is 2. The second-order valence-electron chi connectivity index (χ2n) is 7.35. The molecule has 1 aliphatic heterocycles. The number of halogens is 1. The van der Waals surface area contributed by atoms with E-state index in [1.807, 2.05) is 24.0 Å². The molecule has 27 heavy (non-hydrogen) atoms. The van der Waals surface area contributed by atoms with E-state index in [0.29, 0.717) is 12.2 Å². The van der Waals surface area contributed by atoms with Crippen molar-refractivity contribution in [2.75, 3.05) is 18.5 Å². The first-order valence-corrected chi connectivity index (χ1v) is 10.3. The quantitative estimate of drug-likeness (QED) is 0.717. The van der Waals surface area contributed by atoms with Gasteiger partial charge in [-0.3, -0.25) is 14.4 Å². The van der Waals surface area contributed by atoms with Crippen LogP contribution in [-0.2, 0) is 19.1 Å². The zero-order valence-electron chi connectivity index (χ0n) is 15.5. The summed E-state index contributed by atoms with van der Waals surface area (Å²) in [5.74, 6) is -1.30. The third kappa shape index (κ3) is 5.09. The van der Waals surface area contributed by atoms with Crippen molar-refractivity contribution in [2.45, 2.75) is 51.5 Å². The van der Waals surface area contributed by atoms with E-state index in [1.165, 1.54) is 6.42 Å². The lowest BCUT2D eigenvalue weighted by Gasteiger charge is -2.31. The minimum absolute atomic E-state index is 0.0267. The molecule has 6 nitrogen and oxygen atoms in total. The molecule has 1 aromatic carbocycles. The number of esters is 1. The number of carbonyl (C=O) groups excluding carboxylic acids is 3. The summed E-state index contributed by atoms with van der Waals surface area (Å²) in [7, 11) is 0. The average molecular weight is 437 g/mol. The number of benzene rings is 1. The van der Waals surface area contributed by atoms with Crippen molar-refractivity contribution >= 4 is 39.4 Å². The van der Waals surface area contributed by atoms with Crippen LogP contribution in [0.15, 0.2) is 22.7 Å². The summed E-state index contributed by atoms with van der Waals surface area (Å²) in [6.45, 7) is 1.95. The van der Waals surface area contributed by atoms with Gasteiger partial charge in [-0.2, -0.15) is 0 Å². The molecular weight excluding hydrogens is 412 g/mol. The molecule has 0 unspecified atom stereocenters. The molecule has 146 valence electrons. The fourth-order valence-electron chi connectivity index (χ4n) is 3.84. The molecule has 2 amide bonds. The lowest BCUT2D eigenvalue weighted by Crippen LogP contribution is -2.38. The van der Waals surface area contributed by atoms with E-state index in [9.17, 15) is 14.4 Å². The number of likely N-dealkylation sites (tertiary alicyclic amines) is 1. The van der Waals surface area contributed by atoms with E-state index in [4.69, 9.17) is 4.74 Å². The second-order valence-corrected chi connectivity index (χ2v) is 8.27. The van der Waals surface area contributed by atoms with Crippen LogP contribution in [0.1, 0.15) is 44.1 Å². The van der Waals surface area contributed by atoms with Gasteiger partial charge >= 0.3 is 5.97 Å². The van der Waals surface area contributed by atoms with E-state index in [0.717, 1.165) is 35.7 Å². The Labute approximate surface area is 167 Å². The summed E-state index contributed by atoms with van der Waals surface area (Å²) >= 11 is 3.37. The van der Waals surface area contributed by atoms with E-state index in [-0.39, 0.29) is 30.9 Å². The topological polar surface area (TPSA) is 75.7 Å². The van der Waals surface area contributed by atoms with Gasteiger partial charge in [-0.15, -0.1) is 0 Å². The van der Waals surface area contributed by atoms with Gasteiger partial charge in [0, 0.05) is 29.2 Å². The third-order valence-corrected chi connectivity index (χ3v) is 5.81. The largest absolute Gasteiger partial charge is 0.455 e. The predicted molar refractivity (Wildman–Crippen MR) is 105 cm³/mol. The maximum Gasteiger partial charge on any atom is 0.311 e. The van der Waals surface area contributed by atoms with Gasteiger partial charge in [0.2, 0.25) is 5.91 Å². The molecular formula is C20H25BrN2O4. The SMILES string of the molecule is Cc1cc(Br)ccc1NC(=O)COC(=O)[C@@H]1CC(=O)N(C2CCCCC2)C1. The molecule has 0 radical (unpaired) electrons. The van der Waals surface area contributed by atoms with Gasteiger partial charge in [0.25, 0.3) is 5.91 Å². The minimum atomic E-state index is -0.471. The molecule has 1 aliphatic carbocycles. The number of aryl methyl sites for hydroxylation is 1. The van der Waals surface area contributed by atoms with E-state index in [2.05, 4.69) is 21.2 Å². The van der Waals surface area contributed by atoms with Gasteiger partial charge in [-0.05, 0) is 43.5 Å². The van der Waals surface area contributed by atoms with Crippen molar-refractivity contribution in [3.05, 3.63) is 28.2 Å². The highest BCUT2D eigenvalue weighted by Crippen LogP contribution is 2.29. The Balaban J connectivity index is 1.47. The summed E-state index contributed by atoms with van der Waals surface area (Å²) in [6, 6.07) is 5.77. The molecule has 0 aromatic heterocycles. The first kappa shape index (κ1) is 19.9. The summed E-state index contributed by atoms with van der Waals surface area (Å²) in [5.41, 5.74) is 1.59. The minimum Gasteiger partial charge on any atom is -0.455 e. The van der Waals surface area contributed by atoms with Crippen LogP contribution in [0.25, 0.3) is 0 Å². The van der Waals surface area contributed by atoms with Crippen LogP contribution in [0.3, 0.4) is 0 Å². The highest BCUT2D eigenvalue weighted by molar-refractivity contribution is 9.10. The molecule has 0 bridgehead atoms. The highest BCUT2D eigenvalue weighted by Gasteiger charge is 2.39. The summed E-state index contributed by atoms with van der Waals surface area (Å²) in [5, 5.41) is 2.74. The molecule has 1 N–H and O–H groups in total. The number of carbonyl (C=O) groups is 3. The van der Waals surface area contributed by atoms with Gasteiger partial charge < -0.3 is 15.0 Å². The molecule has 2 aliphatic rings. The second kappa shape index (κ2) is 8.87. The molecule has 1 atom stereocenters. The third-order valence-electron chi connectivity index (χ3n) is 5.32. The van der Waals surface area contributed by atoms with Crippen LogP contribution in [0, 0.1) is 12.8 Å². The molecule has 1 saturated heterocycles. The van der Waals surface area contributed by atoms with Gasteiger partial charge in [-0.1, -0.05) is 35.2 Å². The number of ether oxygens (including phenoxy) is 1. The number of nitrogens with one attached hydrogen (secondary N) is 1. The Bertz CT molecular complexity index is 731. The number of hydrogen-bond acceptors (Lipinski definition) is 4. The van der Waals surface area contributed by atoms with Crippen LogP contribution in [-0.4, -0.2) is 41.9 Å². The van der Waals surface area contributed by atoms with Crippen molar-refractivity contribution in [3.63, 3.8) is 0 Å². The van der Waals surface area contributed by atoms with E-state index < -0.39 is 11.9 Å². The van der Waals surface area contributed by atoms with Crippen molar-refractivity contribution in [3.8, 4) is 0 Å². The van der Waals surface area contributed by atoms with Crippen LogP contribution >= 0.6 is 15.9 Å². The average Bonchev–Trinajstić information content (AvgIpc) is 3.04. The maximum atomic E-state index is 12.3. The maximum absolute atomic E-state index is 12.3. The number of anilines is 1. The molecule has 7 heteroatoms. The van der Waals surface area contributed by atoms with Gasteiger partial charge in [0.1, 0.15) is 0 Å². The van der Waals surface area contributed by atoms with Crippen molar-refractivity contribution < 1.29 is 19.1 Å². The molecule has 2 fully saturated rings. The number of nitrogens with zero attached hydrogens (tertiary/aromatic N) is 1. The lowest BCUT2D eigenvalue weighted by atomic mass is 9.94. The Kier molecular flexibility index (Phi) is 6.52. The zero-order chi connectivity index (χ0) is 19.4. The Morgan fingerprint density at radius 3 is 2.70 bits per heavy atom. The van der Waals surface area contributed by atoms with Crippen LogP contribution in [0.2, 0.25) is 0 Å². The molecule has 1 aromatic rings. The van der Waals surface area contributed by atoms with Gasteiger partial charge in [0.15, 0.2) is 6.61 Å². The molecule has 0 spiro atoms.